The first-order valence-electron chi connectivity index (χ1n) is 5.01. The van der Waals surface area contributed by atoms with Crippen LogP contribution < -0.4 is 15.2 Å². The Morgan fingerprint density at radius 2 is 2.07 bits per heavy atom. The monoisotopic (exact) mass is 211 g/mol. The van der Waals surface area contributed by atoms with E-state index in [1.807, 2.05) is 6.92 Å². The average molecular weight is 211 g/mol. The fourth-order valence-corrected chi connectivity index (χ4v) is 1.72. The van der Waals surface area contributed by atoms with Crippen LogP contribution in [0.2, 0.25) is 0 Å². The molecule has 0 amide bonds. The second kappa shape index (κ2) is 4.06. The van der Waals surface area contributed by atoms with E-state index in [1.165, 1.54) is 6.07 Å². The molecule has 0 aliphatic carbocycles. The number of rotatable bonds is 3. The lowest BCUT2D eigenvalue weighted by atomic mass is 9.97. The molecule has 0 fully saturated rings. The van der Waals surface area contributed by atoms with Crippen molar-refractivity contribution in [3.8, 4) is 11.5 Å². The van der Waals surface area contributed by atoms with E-state index >= 15 is 0 Å². The summed E-state index contributed by atoms with van der Waals surface area (Å²) >= 11 is 0. The van der Waals surface area contributed by atoms with Gasteiger partial charge in [-0.25, -0.2) is 4.39 Å². The zero-order valence-electron chi connectivity index (χ0n) is 8.63. The first-order valence-corrected chi connectivity index (χ1v) is 5.01. The van der Waals surface area contributed by atoms with E-state index in [-0.39, 0.29) is 18.5 Å². The van der Waals surface area contributed by atoms with E-state index in [4.69, 9.17) is 15.2 Å². The Balaban J connectivity index is 2.31. The van der Waals surface area contributed by atoms with Crippen molar-refractivity contribution in [3.63, 3.8) is 0 Å². The molecule has 2 N–H and O–H groups in total. The Morgan fingerprint density at radius 3 is 2.73 bits per heavy atom. The minimum absolute atomic E-state index is 0.101. The molecule has 2 rings (SSSR count). The molecule has 1 atom stereocenters. The van der Waals surface area contributed by atoms with Gasteiger partial charge in [-0.2, -0.15) is 0 Å². The number of halogens is 1. The van der Waals surface area contributed by atoms with E-state index in [1.54, 1.807) is 6.07 Å². The van der Waals surface area contributed by atoms with Crippen LogP contribution in [-0.2, 0) is 0 Å². The van der Waals surface area contributed by atoms with Gasteiger partial charge < -0.3 is 15.2 Å². The highest BCUT2D eigenvalue weighted by molar-refractivity contribution is 5.46. The van der Waals surface area contributed by atoms with Gasteiger partial charge in [0.25, 0.3) is 0 Å². The van der Waals surface area contributed by atoms with Gasteiger partial charge in [0.15, 0.2) is 11.5 Å². The second-order valence-electron chi connectivity index (χ2n) is 3.71. The Hall–Kier alpha value is -1.29. The van der Waals surface area contributed by atoms with Gasteiger partial charge in [0.1, 0.15) is 5.82 Å². The topological polar surface area (TPSA) is 44.5 Å². The predicted molar refractivity (Wildman–Crippen MR) is 54.6 cm³/mol. The minimum atomic E-state index is -0.250. The molecular formula is C11H14FNO2. The van der Waals surface area contributed by atoms with E-state index in [0.29, 0.717) is 23.6 Å². The summed E-state index contributed by atoms with van der Waals surface area (Å²) in [7, 11) is 0. The molecule has 3 nitrogen and oxygen atoms in total. The van der Waals surface area contributed by atoms with Gasteiger partial charge in [-0.05, 0) is 30.5 Å². The molecule has 0 aromatic heterocycles. The summed E-state index contributed by atoms with van der Waals surface area (Å²) in [5.41, 5.74) is 6.09. The third-order valence-electron chi connectivity index (χ3n) is 2.62. The molecule has 1 unspecified atom stereocenters. The smallest absolute Gasteiger partial charge is 0.231 e. The van der Waals surface area contributed by atoms with Gasteiger partial charge >= 0.3 is 0 Å². The number of hydrogen-bond acceptors (Lipinski definition) is 3. The fourth-order valence-electron chi connectivity index (χ4n) is 1.72. The van der Waals surface area contributed by atoms with Gasteiger partial charge in [-0.1, -0.05) is 6.92 Å². The van der Waals surface area contributed by atoms with Crippen molar-refractivity contribution in [1.29, 1.82) is 0 Å². The number of nitrogens with two attached hydrogens (primary N) is 1. The normalized spacial score (nSPS) is 15.4. The lowest BCUT2D eigenvalue weighted by Crippen LogP contribution is -2.06. The molecule has 0 bridgehead atoms. The second-order valence-corrected chi connectivity index (χ2v) is 3.71. The molecule has 15 heavy (non-hydrogen) atoms. The van der Waals surface area contributed by atoms with Crippen LogP contribution in [-0.4, -0.2) is 13.3 Å². The molecule has 0 saturated carbocycles. The number of hydrogen-bond donors (Lipinski definition) is 1. The van der Waals surface area contributed by atoms with Crippen LogP contribution >= 0.6 is 0 Å². The standard InChI is InChI=1S/C11H14FNO2/c1-7(2-3-13)8-4-10-11(5-9(8)12)15-6-14-10/h4-5,7H,2-3,6,13H2,1H3. The van der Waals surface area contributed by atoms with Crippen LogP contribution in [0, 0.1) is 5.82 Å². The average Bonchev–Trinajstić information content (AvgIpc) is 2.63. The van der Waals surface area contributed by atoms with Crippen molar-refractivity contribution in [2.24, 2.45) is 5.73 Å². The number of ether oxygens (including phenoxy) is 2. The molecule has 82 valence electrons. The van der Waals surface area contributed by atoms with Gasteiger partial charge in [0, 0.05) is 6.07 Å². The Bertz CT molecular complexity index is 368. The predicted octanol–water partition coefficient (Wildman–Crippen LogP) is 2.01. The van der Waals surface area contributed by atoms with Gasteiger partial charge in [-0.3, -0.25) is 0 Å². The largest absolute Gasteiger partial charge is 0.454 e. The summed E-state index contributed by atoms with van der Waals surface area (Å²) in [5.74, 6) is 0.955. The van der Waals surface area contributed by atoms with E-state index in [9.17, 15) is 4.39 Å². The molecule has 0 radical (unpaired) electrons. The highest BCUT2D eigenvalue weighted by atomic mass is 19.1. The maximum atomic E-state index is 13.6. The molecule has 0 spiro atoms. The highest BCUT2D eigenvalue weighted by Crippen LogP contribution is 2.37. The highest BCUT2D eigenvalue weighted by Gasteiger charge is 2.19. The molecule has 1 aliphatic rings. The minimum Gasteiger partial charge on any atom is -0.454 e. The van der Waals surface area contributed by atoms with Crippen molar-refractivity contribution in [3.05, 3.63) is 23.5 Å². The summed E-state index contributed by atoms with van der Waals surface area (Å²) in [6.45, 7) is 2.67. The molecule has 0 saturated heterocycles. The van der Waals surface area contributed by atoms with Crippen molar-refractivity contribution >= 4 is 0 Å². The maximum Gasteiger partial charge on any atom is 0.231 e. The van der Waals surface area contributed by atoms with E-state index < -0.39 is 0 Å². The number of benzene rings is 1. The third kappa shape index (κ3) is 1.90. The molecule has 1 aromatic rings. The molecule has 1 heterocycles. The van der Waals surface area contributed by atoms with Gasteiger partial charge in [0.05, 0.1) is 0 Å². The summed E-state index contributed by atoms with van der Waals surface area (Å²) in [4.78, 5) is 0. The van der Waals surface area contributed by atoms with Crippen LogP contribution in [0.4, 0.5) is 4.39 Å². The van der Waals surface area contributed by atoms with Crippen LogP contribution in [0.25, 0.3) is 0 Å². The van der Waals surface area contributed by atoms with Crippen molar-refractivity contribution in [2.75, 3.05) is 13.3 Å². The molecule has 1 aromatic carbocycles. The van der Waals surface area contributed by atoms with Crippen LogP contribution in [0.5, 0.6) is 11.5 Å². The van der Waals surface area contributed by atoms with Crippen LogP contribution in [0.3, 0.4) is 0 Å². The Labute approximate surface area is 88.0 Å². The molecular weight excluding hydrogens is 197 g/mol. The quantitative estimate of drug-likeness (QED) is 0.831. The summed E-state index contributed by atoms with van der Waals surface area (Å²) in [6.07, 6.45) is 0.760. The summed E-state index contributed by atoms with van der Waals surface area (Å²) in [6, 6.07) is 3.09. The van der Waals surface area contributed by atoms with E-state index in [0.717, 1.165) is 6.42 Å². The number of fused-ring (bicyclic) bond motifs is 1. The first kappa shape index (κ1) is 10.2. The van der Waals surface area contributed by atoms with Gasteiger partial charge in [0.2, 0.25) is 6.79 Å². The zero-order valence-corrected chi connectivity index (χ0v) is 8.63. The van der Waals surface area contributed by atoms with Crippen molar-refractivity contribution in [2.45, 2.75) is 19.3 Å². The van der Waals surface area contributed by atoms with Gasteiger partial charge in [-0.15, -0.1) is 0 Å². The van der Waals surface area contributed by atoms with E-state index in [2.05, 4.69) is 0 Å². The first-order chi connectivity index (χ1) is 7.22. The molecule has 1 aliphatic heterocycles. The Kier molecular flexibility index (Phi) is 2.77. The van der Waals surface area contributed by atoms with Crippen molar-refractivity contribution in [1.82, 2.24) is 0 Å². The third-order valence-corrected chi connectivity index (χ3v) is 2.62. The van der Waals surface area contributed by atoms with Crippen LogP contribution in [0.1, 0.15) is 24.8 Å². The van der Waals surface area contributed by atoms with Crippen LogP contribution in [0.15, 0.2) is 12.1 Å². The SMILES string of the molecule is CC(CCN)c1cc2c(cc1F)OCO2. The molecule has 4 heteroatoms. The summed E-state index contributed by atoms with van der Waals surface area (Å²) < 4.78 is 23.9. The Morgan fingerprint density at radius 1 is 1.40 bits per heavy atom. The zero-order chi connectivity index (χ0) is 10.8. The maximum absolute atomic E-state index is 13.6. The lowest BCUT2D eigenvalue weighted by molar-refractivity contribution is 0.174. The van der Waals surface area contributed by atoms with Crippen molar-refractivity contribution < 1.29 is 13.9 Å². The lowest BCUT2D eigenvalue weighted by Gasteiger charge is -2.12. The fraction of sp³-hybridized carbons (Fsp3) is 0.455. The summed E-state index contributed by atoms with van der Waals surface area (Å²) in [5, 5.41) is 0.